The van der Waals surface area contributed by atoms with Gasteiger partial charge in [0.2, 0.25) is 0 Å². The second kappa shape index (κ2) is 10.6. The third-order valence-corrected chi connectivity index (χ3v) is 5.73. The number of rotatable bonds is 6. The highest BCUT2D eigenvalue weighted by Gasteiger charge is 2.14. The van der Waals surface area contributed by atoms with Crippen LogP contribution in [0.1, 0.15) is 49.7 Å². The average Bonchev–Trinajstić information content (AvgIpc) is 3.01. The highest BCUT2D eigenvalue weighted by molar-refractivity contribution is 5.87. The van der Waals surface area contributed by atoms with Crippen LogP contribution >= 0.6 is 12.4 Å². The van der Waals surface area contributed by atoms with E-state index < -0.39 is 0 Å². The normalized spacial score (nSPS) is 14.9. The number of hydrogen-bond donors (Lipinski definition) is 1. The number of fused-ring (bicyclic) bond motifs is 1. The molecule has 0 saturated heterocycles. The smallest absolute Gasteiger partial charge is 0.124 e. The minimum absolute atomic E-state index is 0. The lowest BCUT2D eigenvalue weighted by Gasteiger charge is -2.19. The minimum atomic E-state index is -0.220. The predicted octanol–water partition coefficient (Wildman–Crippen LogP) is 6.79. The molecule has 2 nitrogen and oxygen atoms in total. The third kappa shape index (κ3) is 5.71. The van der Waals surface area contributed by atoms with Crippen molar-refractivity contribution in [3.8, 4) is 5.75 Å². The summed E-state index contributed by atoms with van der Waals surface area (Å²) in [5, 5.41) is 6.25. The Hall–Kier alpha value is -2.10. The Morgan fingerprint density at radius 1 is 0.862 bits per heavy atom. The van der Waals surface area contributed by atoms with Crippen LogP contribution in [0.15, 0.2) is 60.7 Å². The van der Waals surface area contributed by atoms with Crippen LogP contribution in [-0.4, -0.2) is 6.04 Å². The van der Waals surface area contributed by atoms with Crippen molar-refractivity contribution in [1.82, 2.24) is 5.32 Å². The molecule has 1 aliphatic carbocycles. The van der Waals surface area contributed by atoms with Gasteiger partial charge in [0.15, 0.2) is 0 Å². The van der Waals surface area contributed by atoms with Crippen molar-refractivity contribution in [3.63, 3.8) is 0 Å². The van der Waals surface area contributed by atoms with Crippen LogP contribution in [0.25, 0.3) is 10.8 Å². The molecule has 4 rings (SSSR count). The summed E-state index contributed by atoms with van der Waals surface area (Å²) in [4.78, 5) is 0. The highest BCUT2D eigenvalue weighted by Crippen LogP contribution is 2.29. The first kappa shape index (κ1) is 21.6. The van der Waals surface area contributed by atoms with Crippen LogP contribution in [0.4, 0.5) is 4.39 Å². The fraction of sp³-hybridized carbons (Fsp3) is 0.360. The molecule has 0 radical (unpaired) electrons. The van der Waals surface area contributed by atoms with Crippen molar-refractivity contribution in [2.45, 2.75) is 57.7 Å². The first-order chi connectivity index (χ1) is 13.8. The Labute approximate surface area is 178 Å². The van der Waals surface area contributed by atoms with Crippen LogP contribution in [0, 0.1) is 5.82 Å². The third-order valence-electron chi connectivity index (χ3n) is 5.73. The van der Waals surface area contributed by atoms with E-state index in [0.29, 0.717) is 12.6 Å². The molecule has 0 atom stereocenters. The number of ether oxygens (including phenoxy) is 1. The maximum Gasteiger partial charge on any atom is 0.124 e. The Morgan fingerprint density at radius 3 is 2.34 bits per heavy atom. The van der Waals surface area contributed by atoms with Crippen molar-refractivity contribution in [1.29, 1.82) is 0 Å². The summed E-state index contributed by atoms with van der Waals surface area (Å²) in [5.74, 6) is 0.687. The molecule has 0 aromatic heterocycles. The quantitative estimate of drug-likeness (QED) is 0.449. The Balaban J connectivity index is 0.00000240. The van der Waals surface area contributed by atoms with Crippen LogP contribution in [-0.2, 0) is 13.2 Å². The predicted molar refractivity (Wildman–Crippen MR) is 120 cm³/mol. The van der Waals surface area contributed by atoms with Crippen molar-refractivity contribution < 1.29 is 9.13 Å². The molecule has 0 bridgehead atoms. The molecule has 154 valence electrons. The molecule has 0 unspecified atom stereocenters. The molecular formula is C25H29ClFNO. The number of nitrogens with one attached hydrogen (secondary N) is 1. The lowest BCUT2D eigenvalue weighted by Crippen LogP contribution is -2.28. The molecule has 3 aromatic carbocycles. The second-order valence-corrected chi connectivity index (χ2v) is 7.75. The summed E-state index contributed by atoms with van der Waals surface area (Å²) in [6, 6.07) is 19.8. The fourth-order valence-corrected chi connectivity index (χ4v) is 4.11. The average molecular weight is 414 g/mol. The zero-order valence-corrected chi connectivity index (χ0v) is 17.5. The van der Waals surface area contributed by atoms with E-state index in [0.717, 1.165) is 17.9 Å². The van der Waals surface area contributed by atoms with E-state index in [4.69, 9.17) is 4.74 Å². The summed E-state index contributed by atoms with van der Waals surface area (Å²) >= 11 is 0. The van der Waals surface area contributed by atoms with Gasteiger partial charge >= 0.3 is 0 Å². The molecule has 1 saturated carbocycles. The summed E-state index contributed by atoms with van der Waals surface area (Å²) in [7, 11) is 0. The first-order valence-electron chi connectivity index (χ1n) is 10.4. The summed E-state index contributed by atoms with van der Waals surface area (Å²) in [6.45, 7) is 1.25. The van der Waals surface area contributed by atoms with Gasteiger partial charge in [-0.05, 0) is 47.4 Å². The number of hydrogen-bond acceptors (Lipinski definition) is 2. The SMILES string of the molecule is Cl.Fc1ccc(COc2ccc3ccccc3c2CNC2CCCCCC2)cc1. The second-order valence-electron chi connectivity index (χ2n) is 7.75. The molecule has 0 heterocycles. The van der Waals surface area contributed by atoms with E-state index in [1.165, 1.54) is 67.0 Å². The molecule has 0 amide bonds. The van der Waals surface area contributed by atoms with Crippen molar-refractivity contribution >= 4 is 23.2 Å². The zero-order valence-electron chi connectivity index (χ0n) is 16.7. The van der Waals surface area contributed by atoms with Gasteiger partial charge in [-0.2, -0.15) is 0 Å². The monoisotopic (exact) mass is 413 g/mol. The minimum Gasteiger partial charge on any atom is -0.489 e. The van der Waals surface area contributed by atoms with E-state index >= 15 is 0 Å². The maximum absolute atomic E-state index is 13.1. The summed E-state index contributed by atoms with van der Waals surface area (Å²) < 4.78 is 19.3. The topological polar surface area (TPSA) is 21.3 Å². The number of halogens is 2. The standard InChI is InChI=1S/C25H28FNO.ClH/c26-21-14-11-19(12-15-21)18-28-25-16-13-20-7-5-6-10-23(20)24(25)17-27-22-8-3-1-2-4-9-22;/h5-7,10-16,22,27H,1-4,8-9,17-18H2;1H. The molecule has 1 fully saturated rings. The highest BCUT2D eigenvalue weighted by atomic mass is 35.5. The molecule has 0 spiro atoms. The van der Waals surface area contributed by atoms with E-state index in [9.17, 15) is 4.39 Å². The van der Waals surface area contributed by atoms with Gasteiger partial charge in [0.25, 0.3) is 0 Å². The molecule has 1 aliphatic rings. The maximum atomic E-state index is 13.1. The van der Waals surface area contributed by atoms with Gasteiger partial charge in [-0.15, -0.1) is 12.4 Å². The molecule has 1 N–H and O–H groups in total. The van der Waals surface area contributed by atoms with Gasteiger partial charge in [0.05, 0.1) is 0 Å². The Kier molecular flexibility index (Phi) is 7.91. The van der Waals surface area contributed by atoms with Crippen LogP contribution in [0.5, 0.6) is 5.75 Å². The number of benzene rings is 3. The van der Waals surface area contributed by atoms with Gasteiger partial charge < -0.3 is 10.1 Å². The molecule has 29 heavy (non-hydrogen) atoms. The Morgan fingerprint density at radius 2 is 1.59 bits per heavy atom. The van der Waals surface area contributed by atoms with Gasteiger partial charge in [0, 0.05) is 18.2 Å². The zero-order chi connectivity index (χ0) is 19.2. The van der Waals surface area contributed by atoms with Crippen molar-refractivity contribution in [2.75, 3.05) is 0 Å². The fourth-order valence-electron chi connectivity index (χ4n) is 4.11. The lowest BCUT2D eigenvalue weighted by molar-refractivity contribution is 0.301. The largest absolute Gasteiger partial charge is 0.489 e. The van der Waals surface area contributed by atoms with E-state index in [2.05, 4.69) is 41.7 Å². The van der Waals surface area contributed by atoms with E-state index in [1.54, 1.807) is 12.1 Å². The van der Waals surface area contributed by atoms with Crippen molar-refractivity contribution in [2.24, 2.45) is 0 Å². The first-order valence-corrected chi connectivity index (χ1v) is 10.4. The summed E-state index contributed by atoms with van der Waals surface area (Å²) in [6.07, 6.45) is 7.88. The van der Waals surface area contributed by atoms with E-state index in [-0.39, 0.29) is 18.2 Å². The van der Waals surface area contributed by atoms with Crippen molar-refractivity contribution in [3.05, 3.63) is 77.6 Å². The van der Waals surface area contributed by atoms with Gasteiger partial charge in [-0.25, -0.2) is 4.39 Å². The van der Waals surface area contributed by atoms with Crippen LogP contribution < -0.4 is 10.1 Å². The molecule has 4 heteroatoms. The molecular weight excluding hydrogens is 385 g/mol. The van der Waals surface area contributed by atoms with Gasteiger partial charge in [-0.3, -0.25) is 0 Å². The van der Waals surface area contributed by atoms with Crippen LogP contribution in [0.2, 0.25) is 0 Å². The molecule has 3 aromatic rings. The van der Waals surface area contributed by atoms with Gasteiger partial charge in [0.1, 0.15) is 18.2 Å². The lowest BCUT2D eigenvalue weighted by atomic mass is 10.0. The summed E-state index contributed by atoms with van der Waals surface area (Å²) in [5.41, 5.74) is 2.18. The van der Waals surface area contributed by atoms with Gasteiger partial charge in [-0.1, -0.05) is 68.1 Å². The Bertz CT molecular complexity index is 904. The molecule has 0 aliphatic heterocycles. The van der Waals surface area contributed by atoms with Crippen LogP contribution in [0.3, 0.4) is 0 Å². The van der Waals surface area contributed by atoms with E-state index in [1.807, 2.05) is 0 Å².